The van der Waals surface area contributed by atoms with Crippen molar-refractivity contribution in [1.82, 2.24) is 9.21 Å². The maximum Gasteiger partial charge on any atom is 0.276 e. The zero-order valence-corrected chi connectivity index (χ0v) is 12.0. The van der Waals surface area contributed by atoms with Gasteiger partial charge in [0.15, 0.2) is 0 Å². The van der Waals surface area contributed by atoms with E-state index in [0.717, 1.165) is 0 Å². The van der Waals surface area contributed by atoms with Gasteiger partial charge in [0, 0.05) is 32.2 Å². The monoisotopic (exact) mass is 288 g/mol. The molecule has 0 amide bonds. The molecule has 7 heteroatoms. The number of rotatable bonds is 4. The van der Waals surface area contributed by atoms with Gasteiger partial charge < -0.3 is 9.52 Å². The van der Waals surface area contributed by atoms with Gasteiger partial charge in [-0.15, -0.1) is 0 Å². The first-order chi connectivity index (χ1) is 8.91. The fourth-order valence-corrected chi connectivity index (χ4v) is 3.96. The number of aliphatic hydroxyl groups is 1. The number of furan rings is 1. The van der Waals surface area contributed by atoms with Crippen LogP contribution < -0.4 is 0 Å². The van der Waals surface area contributed by atoms with Crippen LogP contribution >= 0.6 is 0 Å². The van der Waals surface area contributed by atoms with E-state index in [-0.39, 0.29) is 11.1 Å². The minimum atomic E-state index is -3.54. The summed E-state index contributed by atoms with van der Waals surface area (Å²) in [5.41, 5.74) is 0. The van der Waals surface area contributed by atoms with Crippen molar-refractivity contribution in [2.24, 2.45) is 0 Å². The van der Waals surface area contributed by atoms with Gasteiger partial charge in [0.25, 0.3) is 10.0 Å². The lowest BCUT2D eigenvalue weighted by Gasteiger charge is -2.38. The molecule has 0 aromatic carbocycles. The number of nitrogens with zero attached hydrogens (tertiary/aromatic N) is 2. The molecule has 2 rings (SSSR count). The second kappa shape index (κ2) is 5.62. The summed E-state index contributed by atoms with van der Waals surface area (Å²) < 4.78 is 31.2. The van der Waals surface area contributed by atoms with E-state index in [1.54, 1.807) is 13.0 Å². The minimum absolute atomic E-state index is 0.0108. The van der Waals surface area contributed by atoms with Crippen LogP contribution in [0, 0.1) is 0 Å². The summed E-state index contributed by atoms with van der Waals surface area (Å²) in [4.78, 5) is 2.07. The molecule has 1 N–H and O–H groups in total. The van der Waals surface area contributed by atoms with Gasteiger partial charge in [-0.1, -0.05) is 0 Å². The number of hydrogen-bond acceptors (Lipinski definition) is 5. The molecule has 1 saturated heterocycles. The maximum atomic E-state index is 12.4. The van der Waals surface area contributed by atoms with Crippen molar-refractivity contribution in [1.29, 1.82) is 0 Å². The normalized spacial score (nSPS) is 24.5. The average molecular weight is 288 g/mol. The molecule has 1 aromatic rings. The molecular weight excluding hydrogens is 268 g/mol. The Morgan fingerprint density at radius 1 is 1.53 bits per heavy atom. The Hall–Kier alpha value is -0.890. The van der Waals surface area contributed by atoms with Crippen molar-refractivity contribution >= 4 is 10.0 Å². The molecular formula is C12H20N2O4S. The third kappa shape index (κ3) is 3.17. The molecule has 2 heterocycles. The fourth-order valence-electron chi connectivity index (χ4n) is 2.44. The summed E-state index contributed by atoms with van der Waals surface area (Å²) >= 11 is 0. The lowest BCUT2D eigenvalue weighted by molar-refractivity contribution is 0.0835. The first kappa shape index (κ1) is 14.5. The van der Waals surface area contributed by atoms with Crippen LogP contribution in [-0.4, -0.2) is 61.1 Å². The Kier molecular flexibility index (Phi) is 4.29. The summed E-state index contributed by atoms with van der Waals surface area (Å²) in [5, 5.41) is 9.37. The van der Waals surface area contributed by atoms with E-state index in [9.17, 15) is 13.5 Å². The van der Waals surface area contributed by atoms with Gasteiger partial charge >= 0.3 is 0 Å². The van der Waals surface area contributed by atoms with Crippen molar-refractivity contribution in [3.63, 3.8) is 0 Å². The summed E-state index contributed by atoms with van der Waals surface area (Å²) in [5.74, 6) is 0. The molecule has 1 aliphatic heterocycles. The Balaban J connectivity index is 2.08. The van der Waals surface area contributed by atoms with Crippen LogP contribution in [0.2, 0.25) is 0 Å². The van der Waals surface area contributed by atoms with Crippen molar-refractivity contribution in [2.75, 3.05) is 26.2 Å². The summed E-state index contributed by atoms with van der Waals surface area (Å²) in [7, 11) is -3.54. The van der Waals surface area contributed by atoms with E-state index in [4.69, 9.17) is 4.42 Å². The molecule has 1 fully saturated rings. The zero-order valence-electron chi connectivity index (χ0n) is 11.2. The van der Waals surface area contributed by atoms with Crippen molar-refractivity contribution in [3.05, 3.63) is 18.4 Å². The highest BCUT2D eigenvalue weighted by Crippen LogP contribution is 2.21. The van der Waals surface area contributed by atoms with Gasteiger partial charge in [0.2, 0.25) is 5.09 Å². The predicted molar refractivity (Wildman–Crippen MR) is 70.2 cm³/mol. The fraction of sp³-hybridized carbons (Fsp3) is 0.667. The first-order valence-corrected chi connectivity index (χ1v) is 7.81. The molecule has 0 radical (unpaired) electrons. The van der Waals surface area contributed by atoms with Crippen LogP contribution in [0.1, 0.15) is 13.8 Å². The smallest absolute Gasteiger partial charge is 0.276 e. The van der Waals surface area contributed by atoms with E-state index < -0.39 is 16.1 Å². The van der Waals surface area contributed by atoms with E-state index >= 15 is 0 Å². The van der Waals surface area contributed by atoms with E-state index in [1.807, 2.05) is 6.92 Å². The molecule has 2 atom stereocenters. The number of β-amino-alcohol motifs (C(OH)–C–C–N with tert-alkyl or cyclic N) is 1. The van der Waals surface area contributed by atoms with Crippen LogP contribution in [-0.2, 0) is 10.0 Å². The molecule has 0 unspecified atom stereocenters. The number of hydrogen-bond donors (Lipinski definition) is 1. The Morgan fingerprint density at radius 2 is 2.26 bits per heavy atom. The molecule has 19 heavy (non-hydrogen) atoms. The van der Waals surface area contributed by atoms with E-state index in [1.165, 1.54) is 16.6 Å². The lowest BCUT2D eigenvalue weighted by Crippen LogP contribution is -2.54. The van der Waals surface area contributed by atoms with Gasteiger partial charge in [0.05, 0.1) is 12.4 Å². The first-order valence-electron chi connectivity index (χ1n) is 6.37. The third-order valence-corrected chi connectivity index (χ3v) is 5.13. The number of piperazine rings is 1. The van der Waals surface area contributed by atoms with Gasteiger partial charge in [-0.3, -0.25) is 4.90 Å². The molecule has 1 aromatic heterocycles. The number of sulfonamides is 1. The highest BCUT2D eigenvalue weighted by Gasteiger charge is 2.35. The van der Waals surface area contributed by atoms with E-state index in [2.05, 4.69) is 4.90 Å². The van der Waals surface area contributed by atoms with Crippen LogP contribution in [0.3, 0.4) is 0 Å². The Morgan fingerprint density at radius 3 is 2.79 bits per heavy atom. The van der Waals surface area contributed by atoms with Crippen LogP contribution in [0.15, 0.2) is 27.9 Å². The lowest BCUT2D eigenvalue weighted by atomic mass is 10.2. The molecule has 1 aliphatic rings. The minimum Gasteiger partial charge on any atom is -0.452 e. The SMILES string of the molecule is C[C@H](O)CN1CCN(S(=O)(=O)c2ccco2)[C@@H](C)C1. The van der Waals surface area contributed by atoms with Crippen LogP contribution in [0.5, 0.6) is 0 Å². The Labute approximate surface area is 113 Å². The number of aliphatic hydroxyl groups excluding tert-OH is 1. The second-order valence-electron chi connectivity index (χ2n) is 5.01. The summed E-state index contributed by atoms with van der Waals surface area (Å²) in [6, 6.07) is 2.90. The van der Waals surface area contributed by atoms with Crippen LogP contribution in [0.4, 0.5) is 0 Å². The van der Waals surface area contributed by atoms with Gasteiger partial charge in [-0.25, -0.2) is 8.42 Å². The Bertz CT molecular complexity index is 498. The average Bonchev–Trinajstić information content (AvgIpc) is 2.81. The van der Waals surface area contributed by atoms with Gasteiger partial charge in [-0.2, -0.15) is 4.31 Å². The van der Waals surface area contributed by atoms with Crippen molar-refractivity contribution in [3.8, 4) is 0 Å². The third-order valence-electron chi connectivity index (χ3n) is 3.23. The van der Waals surface area contributed by atoms with Gasteiger partial charge in [0.1, 0.15) is 0 Å². The molecule has 0 saturated carbocycles. The highest BCUT2D eigenvalue weighted by molar-refractivity contribution is 7.89. The standard InChI is InChI=1S/C12H20N2O4S/c1-10-8-13(9-11(2)15)5-6-14(10)19(16,17)12-4-3-7-18-12/h3-4,7,10-11,15H,5-6,8-9H2,1-2H3/t10-,11-/m0/s1. The highest BCUT2D eigenvalue weighted by atomic mass is 32.2. The maximum absolute atomic E-state index is 12.4. The molecule has 108 valence electrons. The molecule has 0 bridgehead atoms. The topological polar surface area (TPSA) is 74.0 Å². The molecule has 0 aliphatic carbocycles. The van der Waals surface area contributed by atoms with E-state index in [0.29, 0.717) is 26.2 Å². The van der Waals surface area contributed by atoms with Crippen molar-refractivity contribution < 1.29 is 17.9 Å². The summed E-state index contributed by atoms with van der Waals surface area (Å²) in [6.45, 7) is 5.82. The second-order valence-corrected chi connectivity index (χ2v) is 6.83. The van der Waals surface area contributed by atoms with Gasteiger partial charge in [-0.05, 0) is 26.0 Å². The largest absolute Gasteiger partial charge is 0.452 e. The predicted octanol–water partition coefficient (Wildman–Crippen LogP) is 0.355. The van der Waals surface area contributed by atoms with Crippen LogP contribution in [0.25, 0.3) is 0 Å². The quantitative estimate of drug-likeness (QED) is 0.865. The van der Waals surface area contributed by atoms with Crippen molar-refractivity contribution in [2.45, 2.75) is 31.1 Å². The summed E-state index contributed by atoms with van der Waals surface area (Å²) in [6.07, 6.45) is 0.960. The molecule has 6 nitrogen and oxygen atoms in total. The zero-order chi connectivity index (χ0) is 14.0. The molecule has 0 spiro atoms.